The first kappa shape index (κ1) is 19.7. The molecule has 0 fully saturated rings. The highest BCUT2D eigenvalue weighted by molar-refractivity contribution is 7.89. The Balaban J connectivity index is 1.88. The van der Waals surface area contributed by atoms with Gasteiger partial charge in [0.2, 0.25) is 10.0 Å². The van der Waals surface area contributed by atoms with Crippen molar-refractivity contribution < 1.29 is 8.42 Å². The molecule has 4 aromatic rings. The Labute approximate surface area is 178 Å². The molecule has 8 heteroatoms. The van der Waals surface area contributed by atoms with Crippen molar-refractivity contribution in [3.05, 3.63) is 89.0 Å². The number of nitrogens with two attached hydrogens (primary N) is 1. The van der Waals surface area contributed by atoms with Gasteiger partial charge in [0, 0.05) is 33.1 Å². The molecular weight excluding hydrogens is 429 g/mol. The Kier molecular flexibility index (Phi) is 5.19. The van der Waals surface area contributed by atoms with Gasteiger partial charge in [0.15, 0.2) is 0 Å². The third-order valence-corrected chi connectivity index (χ3v) is 5.79. The number of nitrogens with zero attached hydrogens (tertiary/aromatic N) is 2. The van der Waals surface area contributed by atoms with Gasteiger partial charge >= 0.3 is 0 Å². The largest absolute Gasteiger partial charge is 0.299 e. The number of sulfonamides is 1. The first-order valence-corrected chi connectivity index (χ1v) is 10.9. The average Bonchev–Trinajstić information content (AvgIpc) is 3.13. The second kappa shape index (κ2) is 7.65. The maximum absolute atomic E-state index is 11.6. The summed E-state index contributed by atoms with van der Waals surface area (Å²) in [6.45, 7) is 0. The van der Waals surface area contributed by atoms with Crippen LogP contribution in [0.15, 0.2) is 83.9 Å². The fourth-order valence-electron chi connectivity index (χ4n) is 2.96. The van der Waals surface area contributed by atoms with E-state index in [1.807, 2.05) is 41.1 Å². The molecule has 2 N–H and O–H groups in total. The molecule has 3 aromatic carbocycles. The quantitative estimate of drug-likeness (QED) is 0.472. The van der Waals surface area contributed by atoms with Gasteiger partial charge in [-0.05, 0) is 60.7 Å². The lowest BCUT2D eigenvalue weighted by Crippen LogP contribution is -2.11. The Bertz CT molecular complexity index is 1280. The van der Waals surface area contributed by atoms with Gasteiger partial charge in [0.25, 0.3) is 0 Å². The van der Waals surface area contributed by atoms with Crippen LogP contribution in [0, 0.1) is 0 Å². The minimum Gasteiger partial charge on any atom is -0.299 e. The summed E-state index contributed by atoms with van der Waals surface area (Å²) >= 11 is 12.2. The first-order valence-electron chi connectivity index (χ1n) is 8.56. The molecule has 0 radical (unpaired) electrons. The van der Waals surface area contributed by atoms with Crippen LogP contribution in [0.3, 0.4) is 0 Å². The fourth-order valence-corrected chi connectivity index (χ4v) is 3.79. The van der Waals surface area contributed by atoms with Crippen LogP contribution in [0.25, 0.3) is 28.3 Å². The van der Waals surface area contributed by atoms with Crippen LogP contribution < -0.4 is 5.14 Å². The molecule has 0 saturated heterocycles. The molecule has 146 valence electrons. The number of benzene rings is 3. The zero-order valence-electron chi connectivity index (χ0n) is 15.0. The molecule has 0 amide bonds. The number of hydrogen-bond acceptors (Lipinski definition) is 3. The maximum atomic E-state index is 11.6. The molecule has 0 saturated carbocycles. The number of aromatic nitrogens is 2. The molecule has 0 aliphatic heterocycles. The molecule has 1 heterocycles. The van der Waals surface area contributed by atoms with E-state index in [-0.39, 0.29) is 4.90 Å². The van der Waals surface area contributed by atoms with Crippen LogP contribution >= 0.6 is 23.2 Å². The molecule has 5 nitrogen and oxygen atoms in total. The lowest BCUT2D eigenvalue weighted by atomic mass is 10.2. The Morgan fingerprint density at radius 2 is 1.52 bits per heavy atom. The van der Waals surface area contributed by atoms with E-state index in [0.717, 1.165) is 22.5 Å². The summed E-state index contributed by atoms with van der Waals surface area (Å²) in [6.07, 6.45) is 1.90. The summed E-state index contributed by atoms with van der Waals surface area (Å²) in [6, 6.07) is 21.1. The molecule has 0 bridgehead atoms. The van der Waals surface area contributed by atoms with Crippen LogP contribution in [-0.4, -0.2) is 18.0 Å². The van der Waals surface area contributed by atoms with Crippen molar-refractivity contribution in [3.8, 4) is 28.3 Å². The smallest absolute Gasteiger partial charge is 0.238 e. The second-order valence-electron chi connectivity index (χ2n) is 6.38. The monoisotopic (exact) mass is 443 g/mol. The second-order valence-corrected chi connectivity index (χ2v) is 8.81. The van der Waals surface area contributed by atoms with Crippen LogP contribution in [0.4, 0.5) is 0 Å². The standard InChI is InChI=1S/C21H15Cl2N3O2S/c22-16-6-8-18(9-7-16)26-13-20(15-2-1-3-17(23)12-15)25-21(26)14-4-10-19(11-5-14)29(24,27)28/h1-13H,(H2,24,27,28). The highest BCUT2D eigenvalue weighted by Gasteiger charge is 2.15. The van der Waals surface area contributed by atoms with Gasteiger partial charge in [0.05, 0.1) is 10.6 Å². The molecule has 0 atom stereocenters. The molecule has 0 spiro atoms. The van der Waals surface area contributed by atoms with E-state index in [1.165, 1.54) is 12.1 Å². The van der Waals surface area contributed by atoms with E-state index in [0.29, 0.717) is 15.9 Å². The summed E-state index contributed by atoms with van der Waals surface area (Å²) in [5.41, 5.74) is 3.20. The summed E-state index contributed by atoms with van der Waals surface area (Å²) in [5, 5.41) is 6.44. The van der Waals surface area contributed by atoms with Crippen LogP contribution in [0.5, 0.6) is 0 Å². The van der Waals surface area contributed by atoms with Crippen molar-refractivity contribution >= 4 is 33.2 Å². The normalized spacial score (nSPS) is 11.6. The highest BCUT2D eigenvalue weighted by Crippen LogP contribution is 2.30. The van der Waals surface area contributed by atoms with Crippen molar-refractivity contribution in [2.75, 3.05) is 0 Å². The molecule has 0 unspecified atom stereocenters. The Morgan fingerprint density at radius 3 is 2.14 bits per heavy atom. The van der Waals surface area contributed by atoms with Crippen molar-refractivity contribution in [1.82, 2.24) is 9.55 Å². The predicted octanol–water partition coefficient (Wildman–Crippen LogP) is 5.16. The molecule has 4 rings (SSSR count). The van der Waals surface area contributed by atoms with Gasteiger partial charge < -0.3 is 0 Å². The molecular formula is C21H15Cl2N3O2S. The number of rotatable bonds is 4. The van der Waals surface area contributed by atoms with Crippen molar-refractivity contribution in [1.29, 1.82) is 0 Å². The SMILES string of the molecule is NS(=O)(=O)c1ccc(-c2nc(-c3cccc(Cl)c3)cn2-c2ccc(Cl)cc2)cc1. The third kappa shape index (κ3) is 4.21. The zero-order valence-corrected chi connectivity index (χ0v) is 17.3. The topological polar surface area (TPSA) is 78.0 Å². The fraction of sp³-hybridized carbons (Fsp3) is 0. The van der Waals surface area contributed by atoms with Gasteiger partial charge in [-0.15, -0.1) is 0 Å². The Hall–Kier alpha value is -2.64. The van der Waals surface area contributed by atoms with Crippen LogP contribution in [-0.2, 0) is 10.0 Å². The molecule has 0 aliphatic carbocycles. The summed E-state index contributed by atoms with van der Waals surface area (Å²) in [4.78, 5) is 4.82. The van der Waals surface area contributed by atoms with Crippen LogP contribution in [0.1, 0.15) is 0 Å². The number of primary sulfonamides is 1. The third-order valence-electron chi connectivity index (χ3n) is 4.37. The van der Waals surface area contributed by atoms with Crippen molar-refractivity contribution in [3.63, 3.8) is 0 Å². The minimum atomic E-state index is -3.77. The van der Waals surface area contributed by atoms with E-state index in [2.05, 4.69) is 0 Å². The lowest BCUT2D eigenvalue weighted by Gasteiger charge is -2.08. The van der Waals surface area contributed by atoms with Crippen molar-refractivity contribution in [2.45, 2.75) is 4.90 Å². The van der Waals surface area contributed by atoms with E-state index >= 15 is 0 Å². The number of imidazole rings is 1. The number of hydrogen-bond donors (Lipinski definition) is 1. The van der Waals surface area contributed by atoms with Gasteiger partial charge in [0.1, 0.15) is 5.82 Å². The predicted molar refractivity (Wildman–Crippen MR) is 116 cm³/mol. The van der Waals surface area contributed by atoms with E-state index in [1.54, 1.807) is 30.3 Å². The zero-order chi connectivity index (χ0) is 20.6. The molecule has 29 heavy (non-hydrogen) atoms. The lowest BCUT2D eigenvalue weighted by molar-refractivity contribution is 0.598. The average molecular weight is 444 g/mol. The Morgan fingerprint density at radius 1 is 0.828 bits per heavy atom. The van der Waals surface area contributed by atoms with Gasteiger partial charge in [-0.1, -0.05) is 35.3 Å². The van der Waals surface area contributed by atoms with Gasteiger partial charge in [-0.2, -0.15) is 0 Å². The first-order chi connectivity index (χ1) is 13.8. The van der Waals surface area contributed by atoms with Crippen LogP contribution in [0.2, 0.25) is 10.0 Å². The van der Waals surface area contributed by atoms with Gasteiger partial charge in [-0.3, -0.25) is 4.57 Å². The van der Waals surface area contributed by atoms with E-state index < -0.39 is 10.0 Å². The molecule has 1 aromatic heterocycles. The summed E-state index contributed by atoms with van der Waals surface area (Å²) < 4.78 is 25.0. The summed E-state index contributed by atoms with van der Waals surface area (Å²) in [5.74, 6) is 0.642. The highest BCUT2D eigenvalue weighted by atomic mass is 35.5. The van der Waals surface area contributed by atoms with E-state index in [4.69, 9.17) is 33.3 Å². The van der Waals surface area contributed by atoms with Crippen molar-refractivity contribution in [2.24, 2.45) is 5.14 Å². The summed E-state index contributed by atoms with van der Waals surface area (Å²) in [7, 11) is -3.77. The molecule has 0 aliphatic rings. The number of halogens is 2. The van der Waals surface area contributed by atoms with E-state index in [9.17, 15) is 8.42 Å². The van der Waals surface area contributed by atoms with Gasteiger partial charge in [-0.25, -0.2) is 18.5 Å². The maximum Gasteiger partial charge on any atom is 0.238 e. The minimum absolute atomic E-state index is 0.0425.